The molecule has 0 atom stereocenters. The van der Waals surface area contributed by atoms with E-state index in [0.717, 1.165) is 38.5 Å². The molecule has 1 aromatic carbocycles. The van der Waals surface area contributed by atoms with Gasteiger partial charge in [0.15, 0.2) is 0 Å². The zero-order valence-corrected chi connectivity index (χ0v) is 17.2. The maximum Gasteiger partial charge on any atom is 0.141 e. The molecule has 5 nitrogen and oxygen atoms in total. The number of nitrogens with zero attached hydrogens (tertiary/aromatic N) is 3. The first-order valence-corrected chi connectivity index (χ1v) is 11.1. The van der Waals surface area contributed by atoms with E-state index in [1.165, 1.54) is 52.8 Å². The van der Waals surface area contributed by atoms with Crippen LogP contribution < -0.4 is 14.5 Å². The lowest BCUT2D eigenvalue weighted by Gasteiger charge is -2.33. The van der Waals surface area contributed by atoms with Crippen molar-refractivity contribution in [2.45, 2.75) is 32.2 Å². The zero-order valence-electron chi connectivity index (χ0n) is 16.4. The van der Waals surface area contributed by atoms with E-state index < -0.39 is 0 Å². The molecule has 2 aliphatic rings. The number of ether oxygens (including phenoxy) is 1. The van der Waals surface area contributed by atoms with Crippen LogP contribution in [0.25, 0.3) is 10.2 Å². The number of piperazine rings is 1. The molecule has 0 bridgehead atoms. The minimum Gasteiger partial charge on any atom is -0.497 e. The van der Waals surface area contributed by atoms with E-state index in [1.807, 2.05) is 11.3 Å². The first kappa shape index (κ1) is 17.9. The number of nitrogens with one attached hydrogen (secondary N) is 1. The van der Waals surface area contributed by atoms with Gasteiger partial charge in [0.1, 0.15) is 29.3 Å². The van der Waals surface area contributed by atoms with Crippen LogP contribution in [0.1, 0.15) is 28.8 Å². The third kappa shape index (κ3) is 3.35. The second-order valence-corrected chi connectivity index (χ2v) is 8.93. The number of thiophene rings is 1. The summed E-state index contributed by atoms with van der Waals surface area (Å²) < 4.78 is 5.27. The molecule has 1 aliphatic carbocycles. The normalized spacial score (nSPS) is 17.7. The Balaban J connectivity index is 1.31. The van der Waals surface area contributed by atoms with Gasteiger partial charge in [-0.1, -0.05) is 0 Å². The van der Waals surface area contributed by atoms with E-state index in [2.05, 4.69) is 34.1 Å². The lowest BCUT2D eigenvalue weighted by molar-refractivity contribution is -0.914. The van der Waals surface area contributed by atoms with Crippen molar-refractivity contribution in [2.75, 3.05) is 38.2 Å². The van der Waals surface area contributed by atoms with Gasteiger partial charge in [-0.2, -0.15) is 0 Å². The predicted molar refractivity (Wildman–Crippen MR) is 114 cm³/mol. The Morgan fingerprint density at radius 3 is 2.64 bits per heavy atom. The fourth-order valence-corrected chi connectivity index (χ4v) is 5.78. The quantitative estimate of drug-likeness (QED) is 0.737. The number of rotatable bonds is 4. The van der Waals surface area contributed by atoms with Gasteiger partial charge in [-0.05, 0) is 55.5 Å². The van der Waals surface area contributed by atoms with Gasteiger partial charge in [-0.25, -0.2) is 9.97 Å². The number of benzene rings is 1. The van der Waals surface area contributed by atoms with Crippen molar-refractivity contribution in [3.05, 3.63) is 46.6 Å². The molecule has 0 spiro atoms. The molecule has 0 unspecified atom stereocenters. The van der Waals surface area contributed by atoms with Crippen molar-refractivity contribution in [1.29, 1.82) is 0 Å². The van der Waals surface area contributed by atoms with Crippen LogP contribution in [-0.2, 0) is 19.4 Å². The van der Waals surface area contributed by atoms with Crippen LogP contribution in [0, 0.1) is 0 Å². The Morgan fingerprint density at radius 1 is 1.07 bits per heavy atom. The fourth-order valence-electron chi connectivity index (χ4n) is 4.56. The number of fused-ring (bicyclic) bond motifs is 3. The number of aromatic nitrogens is 2. The molecule has 1 aliphatic heterocycles. The number of hydrogen-bond acceptors (Lipinski definition) is 5. The number of hydrogen-bond donors (Lipinski definition) is 1. The van der Waals surface area contributed by atoms with Gasteiger partial charge in [0, 0.05) is 10.4 Å². The molecule has 0 saturated carbocycles. The predicted octanol–water partition coefficient (Wildman–Crippen LogP) is 2.48. The summed E-state index contributed by atoms with van der Waals surface area (Å²) in [7, 11) is 1.72. The van der Waals surface area contributed by atoms with Crippen molar-refractivity contribution in [3.8, 4) is 5.75 Å². The van der Waals surface area contributed by atoms with Crippen LogP contribution in [0.2, 0.25) is 0 Å². The molecule has 0 radical (unpaired) electrons. The molecular formula is C22H27N4OS+. The maximum atomic E-state index is 5.27. The minimum absolute atomic E-state index is 0.926. The highest BCUT2D eigenvalue weighted by molar-refractivity contribution is 7.19. The Hall–Kier alpha value is -2.18. The van der Waals surface area contributed by atoms with Crippen molar-refractivity contribution >= 4 is 27.4 Å². The van der Waals surface area contributed by atoms with Crippen LogP contribution in [0.4, 0.5) is 5.82 Å². The molecule has 1 N–H and O–H groups in total. The van der Waals surface area contributed by atoms with E-state index in [1.54, 1.807) is 23.2 Å². The van der Waals surface area contributed by atoms with Gasteiger partial charge in [0.25, 0.3) is 0 Å². The molecule has 0 amide bonds. The number of aryl methyl sites for hydroxylation is 2. The molecule has 3 aromatic rings. The number of quaternary nitrogens is 1. The van der Waals surface area contributed by atoms with Crippen molar-refractivity contribution in [1.82, 2.24) is 9.97 Å². The monoisotopic (exact) mass is 395 g/mol. The molecule has 1 saturated heterocycles. The van der Waals surface area contributed by atoms with Gasteiger partial charge in [-0.3, -0.25) is 0 Å². The molecule has 6 heteroatoms. The first-order chi connectivity index (χ1) is 13.8. The van der Waals surface area contributed by atoms with Crippen LogP contribution in [0.15, 0.2) is 30.6 Å². The molecule has 3 heterocycles. The zero-order chi connectivity index (χ0) is 18.9. The third-order valence-corrected chi connectivity index (χ3v) is 7.31. The Morgan fingerprint density at radius 2 is 1.86 bits per heavy atom. The van der Waals surface area contributed by atoms with Crippen molar-refractivity contribution in [2.24, 2.45) is 0 Å². The highest BCUT2D eigenvalue weighted by Gasteiger charge is 2.26. The van der Waals surface area contributed by atoms with Gasteiger partial charge >= 0.3 is 0 Å². The first-order valence-electron chi connectivity index (χ1n) is 10.3. The summed E-state index contributed by atoms with van der Waals surface area (Å²) in [5.41, 5.74) is 2.91. The van der Waals surface area contributed by atoms with Gasteiger partial charge in [0.2, 0.25) is 0 Å². The maximum absolute atomic E-state index is 5.27. The summed E-state index contributed by atoms with van der Waals surface area (Å²) in [6.07, 6.45) is 6.78. The molecule has 2 aromatic heterocycles. The largest absolute Gasteiger partial charge is 0.497 e. The highest BCUT2D eigenvalue weighted by atomic mass is 32.1. The smallest absolute Gasteiger partial charge is 0.141 e. The molecule has 5 rings (SSSR count). The molecule has 146 valence electrons. The summed E-state index contributed by atoms with van der Waals surface area (Å²) in [6, 6.07) is 8.48. The third-order valence-electron chi connectivity index (χ3n) is 6.11. The minimum atomic E-state index is 0.926. The highest BCUT2D eigenvalue weighted by Crippen LogP contribution is 2.39. The van der Waals surface area contributed by atoms with Gasteiger partial charge in [-0.15, -0.1) is 11.3 Å². The summed E-state index contributed by atoms with van der Waals surface area (Å²) in [5, 5.41) is 1.35. The Labute approximate surface area is 170 Å². The lowest BCUT2D eigenvalue weighted by Crippen LogP contribution is -3.13. The van der Waals surface area contributed by atoms with Crippen LogP contribution in [0.3, 0.4) is 0 Å². The van der Waals surface area contributed by atoms with E-state index in [4.69, 9.17) is 9.72 Å². The Kier molecular flexibility index (Phi) is 4.91. The number of methoxy groups -OCH3 is 1. The lowest BCUT2D eigenvalue weighted by atomic mass is 9.97. The van der Waals surface area contributed by atoms with Crippen molar-refractivity contribution < 1.29 is 9.64 Å². The van der Waals surface area contributed by atoms with Crippen molar-refractivity contribution in [3.63, 3.8) is 0 Å². The Bertz CT molecular complexity index is 961. The topological polar surface area (TPSA) is 42.7 Å². The molecular weight excluding hydrogens is 368 g/mol. The fraction of sp³-hybridized carbons (Fsp3) is 0.455. The summed E-state index contributed by atoms with van der Waals surface area (Å²) >= 11 is 1.89. The molecule has 28 heavy (non-hydrogen) atoms. The van der Waals surface area contributed by atoms with Gasteiger partial charge in [0.05, 0.1) is 38.7 Å². The van der Waals surface area contributed by atoms with E-state index >= 15 is 0 Å². The van der Waals surface area contributed by atoms with Gasteiger partial charge < -0.3 is 14.5 Å². The summed E-state index contributed by atoms with van der Waals surface area (Å²) in [5.74, 6) is 2.10. The standard InChI is InChI=1S/C22H26N4OS/c1-27-17-8-6-16(7-9-17)14-25-10-12-26(13-11-25)21-20-18-4-2-3-5-19(18)28-22(20)24-15-23-21/h6-9,15H,2-5,10-14H2,1H3/p+1. The number of anilines is 1. The second kappa shape index (κ2) is 7.68. The van der Waals surface area contributed by atoms with E-state index in [0.29, 0.717) is 0 Å². The SMILES string of the molecule is COc1ccc(C[NH+]2CCN(c3ncnc4sc5c(c34)CCCC5)CC2)cc1. The van der Waals surface area contributed by atoms with Crippen LogP contribution >= 0.6 is 11.3 Å². The summed E-state index contributed by atoms with van der Waals surface area (Å²) in [6.45, 7) is 5.48. The molecule has 1 fully saturated rings. The second-order valence-electron chi connectivity index (χ2n) is 7.85. The summed E-state index contributed by atoms with van der Waals surface area (Å²) in [4.78, 5) is 16.2. The van der Waals surface area contributed by atoms with Crippen LogP contribution in [-0.4, -0.2) is 43.3 Å². The average Bonchev–Trinajstić information content (AvgIpc) is 3.14. The van der Waals surface area contributed by atoms with Crippen LogP contribution in [0.5, 0.6) is 5.75 Å². The van der Waals surface area contributed by atoms with E-state index in [9.17, 15) is 0 Å². The van der Waals surface area contributed by atoms with E-state index in [-0.39, 0.29) is 0 Å². The average molecular weight is 396 g/mol.